The van der Waals surface area contributed by atoms with Crippen molar-refractivity contribution >= 4 is 49.4 Å². The van der Waals surface area contributed by atoms with Gasteiger partial charge in [-0.2, -0.15) is 0 Å². The molecule has 0 atom stereocenters. The average Bonchev–Trinajstić information content (AvgIpc) is 3.45. The molecule has 1 aliphatic carbocycles. The van der Waals surface area contributed by atoms with Crippen molar-refractivity contribution in [2.45, 2.75) is 19.3 Å². The molecule has 10 rings (SSSR count). The van der Waals surface area contributed by atoms with Gasteiger partial charge in [-0.3, -0.25) is 0 Å². The highest BCUT2D eigenvalue weighted by atomic mass is 15.1. The Morgan fingerprint density at radius 3 is 1.65 bits per heavy atom. The maximum atomic E-state index is 2.44. The Balaban J connectivity index is 1.08. The van der Waals surface area contributed by atoms with Gasteiger partial charge in [0.15, 0.2) is 0 Å². The highest BCUT2D eigenvalue weighted by Crippen LogP contribution is 2.54. The van der Waals surface area contributed by atoms with E-state index in [0.29, 0.717) is 0 Å². The molecule has 0 fully saturated rings. The van der Waals surface area contributed by atoms with Crippen LogP contribution in [0.2, 0.25) is 0 Å². The van der Waals surface area contributed by atoms with Gasteiger partial charge in [0.2, 0.25) is 0 Å². The maximum Gasteiger partial charge on any atom is 0.0543 e. The molecule has 52 heavy (non-hydrogen) atoms. The van der Waals surface area contributed by atoms with E-state index in [1.54, 1.807) is 0 Å². The standard InChI is InChI=1S/C51H37N/c1-51(2)47-16-9-8-15-46(47)50-48(51)17-10-18-49(50)52(40-26-19-35(20-27-40)34-11-4-3-5-12-34)41-28-21-36(22-29-41)38-24-30-43-39(33-38)25-32-44-42-14-7-6-13-37(42)23-31-45(43)44/h3-33H,1-2H3. The minimum Gasteiger partial charge on any atom is -0.310 e. The van der Waals surface area contributed by atoms with Gasteiger partial charge in [0.1, 0.15) is 0 Å². The summed E-state index contributed by atoms with van der Waals surface area (Å²) in [5.74, 6) is 0. The van der Waals surface area contributed by atoms with Gasteiger partial charge in [0, 0.05) is 22.4 Å². The third-order valence-electron chi connectivity index (χ3n) is 11.3. The van der Waals surface area contributed by atoms with Crippen LogP contribution in [0.5, 0.6) is 0 Å². The SMILES string of the molecule is CC1(C)c2ccccc2-c2c(N(c3ccc(-c4ccccc4)cc3)c3ccc(-c4ccc5c(ccc6c7ccccc7ccc56)c4)cc3)cccc21. The van der Waals surface area contributed by atoms with E-state index in [9.17, 15) is 0 Å². The van der Waals surface area contributed by atoms with Crippen LogP contribution < -0.4 is 4.90 Å². The Labute approximate surface area is 305 Å². The lowest BCUT2D eigenvalue weighted by molar-refractivity contribution is 0.660. The van der Waals surface area contributed by atoms with Crippen LogP contribution in [0.4, 0.5) is 17.1 Å². The van der Waals surface area contributed by atoms with Gasteiger partial charge in [0.25, 0.3) is 0 Å². The number of benzene rings is 9. The molecule has 0 aliphatic heterocycles. The monoisotopic (exact) mass is 663 g/mol. The lowest BCUT2D eigenvalue weighted by Gasteiger charge is -2.29. The van der Waals surface area contributed by atoms with Crippen LogP contribution >= 0.6 is 0 Å². The smallest absolute Gasteiger partial charge is 0.0543 e. The molecule has 1 heteroatoms. The summed E-state index contributed by atoms with van der Waals surface area (Å²) < 4.78 is 0. The Morgan fingerprint density at radius 2 is 0.904 bits per heavy atom. The zero-order chi connectivity index (χ0) is 34.8. The number of anilines is 3. The molecule has 0 aromatic heterocycles. The molecular formula is C51H37N. The molecule has 9 aromatic rings. The first-order valence-electron chi connectivity index (χ1n) is 18.2. The molecule has 0 unspecified atom stereocenters. The molecule has 0 radical (unpaired) electrons. The molecule has 0 N–H and O–H groups in total. The zero-order valence-electron chi connectivity index (χ0n) is 29.3. The van der Waals surface area contributed by atoms with E-state index in [0.717, 1.165) is 11.4 Å². The largest absolute Gasteiger partial charge is 0.310 e. The normalized spacial score (nSPS) is 13.0. The molecule has 0 heterocycles. The lowest BCUT2D eigenvalue weighted by atomic mass is 9.82. The van der Waals surface area contributed by atoms with Gasteiger partial charge < -0.3 is 4.90 Å². The molecule has 246 valence electrons. The van der Waals surface area contributed by atoms with Crippen LogP contribution in [-0.4, -0.2) is 0 Å². The summed E-state index contributed by atoms with van der Waals surface area (Å²) >= 11 is 0. The van der Waals surface area contributed by atoms with Crippen molar-refractivity contribution in [1.29, 1.82) is 0 Å². The predicted octanol–water partition coefficient (Wildman–Crippen LogP) is 14.3. The molecule has 0 bridgehead atoms. The fourth-order valence-electron chi connectivity index (χ4n) is 8.59. The van der Waals surface area contributed by atoms with Gasteiger partial charge in [-0.05, 0) is 108 Å². The van der Waals surface area contributed by atoms with Gasteiger partial charge in [-0.25, -0.2) is 0 Å². The zero-order valence-corrected chi connectivity index (χ0v) is 29.3. The van der Waals surface area contributed by atoms with Crippen molar-refractivity contribution in [3.8, 4) is 33.4 Å². The first kappa shape index (κ1) is 30.4. The topological polar surface area (TPSA) is 3.24 Å². The van der Waals surface area contributed by atoms with Crippen molar-refractivity contribution in [3.05, 3.63) is 199 Å². The van der Waals surface area contributed by atoms with Crippen molar-refractivity contribution < 1.29 is 0 Å². The van der Waals surface area contributed by atoms with Gasteiger partial charge in [0.05, 0.1) is 5.69 Å². The average molecular weight is 664 g/mol. The van der Waals surface area contributed by atoms with Gasteiger partial charge in [-0.15, -0.1) is 0 Å². The number of hydrogen-bond donors (Lipinski definition) is 0. The molecule has 9 aromatic carbocycles. The summed E-state index contributed by atoms with van der Waals surface area (Å²) in [6.45, 7) is 4.70. The Hall–Kier alpha value is -6.44. The summed E-state index contributed by atoms with van der Waals surface area (Å²) in [7, 11) is 0. The first-order valence-corrected chi connectivity index (χ1v) is 18.2. The number of nitrogens with zero attached hydrogens (tertiary/aromatic N) is 1. The van der Waals surface area contributed by atoms with Crippen molar-refractivity contribution in [2.75, 3.05) is 4.90 Å². The van der Waals surface area contributed by atoms with E-state index in [-0.39, 0.29) is 5.41 Å². The van der Waals surface area contributed by atoms with Crippen LogP contribution in [0.15, 0.2) is 188 Å². The molecule has 1 aliphatic rings. The first-order chi connectivity index (χ1) is 25.5. The van der Waals surface area contributed by atoms with Crippen LogP contribution in [0, 0.1) is 0 Å². The summed E-state index contributed by atoms with van der Waals surface area (Å²) in [5, 5.41) is 7.73. The van der Waals surface area contributed by atoms with E-state index in [1.807, 2.05) is 0 Å². The Morgan fingerprint density at radius 1 is 0.365 bits per heavy atom. The molecule has 0 spiro atoms. The van der Waals surface area contributed by atoms with Gasteiger partial charge in [-0.1, -0.05) is 166 Å². The fraction of sp³-hybridized carbons (Fsp3) is 0.0588. The maximum absolute atomic E-state index is 2.44. The summed E-state index contributed by atoms with van der Waals surface area (Å²) in [6, 6.07) is 69.1. The van der Waals surface area contributed by atoms with Crippen molar-refractivity contribution in [3.63, 3.8) is 0 Å². The highest BCUT2D eigenvalue weighted by molar-refractivity contribution is 6.17. The third kappa shape index (κ3) is 4.77. The van der Waals surface area contributed by atoms with Crippen molar-refractivity contribution in [1.82, 2.24) is 0 Å². The van der Waals surface area contributed by atoms with Crippen LogP contribution in [-0.2, 0) is 5.41 Å². The molecule has 0 saturated heterocycles. The Bertz CT molecular complexity index is 2790. The second kappa shape index (κ2) is 11.8. The Kier molecular flexibility index (Phi) is 6.91. The lowest BCUT2D eigenvalue weighted by Crippen LogP contribution is -2.16. The van der Waals surface area contributed by atoms with Crippen LogP contribution in [0.25, 0.3) is 65.7 Å². The summed E-state index contributed by atoms with van der Waals surface area (Å²) in [4.78, 5) is 2.44. The van der Waals surface area contributed by atoms with E-state index < -0.39 is 0 Å². The van der Waals surface area contributed by atoms with Gasteiger partial charge >= 0.3 is 0 Å². The van der Waals surface area contributed by atoms with E-state index in [1.165, 1.54) is 82.5 Å². The summed E-state index contributed by atoms with van der Waals surface area (Å²) in [5.41, 5.74) is 13.6. The van der Waals surface area contributed by atoms with Crippen LogP contribution in [0.3, 0.4) is 0 Å². The van der Waals surface area contributed by atoms with Crippen LogP contribution in [0.1, 0.15) is 25.0 Å². The molecule has 0 saturated carbocycles. The molecule has 0 amide bonds. The second-order valence-electron chi connectivity index (χ2n) is 14.5. The summed E-state index contributed by atoms with van der Waals surface area (Å²) in [6.07, 6.45) is 0. The number of hydrogen-bond acceptors (Lipinski definition) is 1. The second-order valence-corrected chi connectivity index (χ2v) is 14.5. The quantitative estimate of drug-likeness (QED) is 0.166. The molecular weight excluding hydrogens is 627 g/mol. The third-order valence-corrected chi connectivity index (χ3v) is 11.3. The van der Waals surface area contributed by atoms with E-state index in [2.05, 4.69) is 207 Å². The number of rotatable bonds is 5. The molecule has 1 nitrogen and oxygen atoms in total. The number of fused-ring (bicyclic) bond motifs is 8. The van der Waals surface area contributed by atoms with E-state index in [4.69, 9.17) is 0 Å². The minimum absolute atomic E-state index is 0.0802. The minimum atomic E-state index is -0.0802. The predicted molar refractivity (Wildman–Crippen MR) is 222 cm³/mol. The van der Waals surface area contributed by atoms with E-state index >= 15 is 0 Å². The fourth-order valence-corrected chi connectivity index (χ4v) is 8.59. The highest BCUT2D eigenvalue weighted by Gasteiger charge is 2.37. The van der Waals surface area contributed by atoms with Crippen molar-refractivity contribution in [2.24, 2.45) is 0 Å².